The molecule has 58 valence electrons. The molecule has 1 aromatic carbocycles. The summed E-state index contributed by atoms with van der Waals surface area (Å²) in [6.07, 6.45) is 0. The molecule has 1 rings (SSSR count). The lowest BCUT2D eigenvalue weighted by Gasteiger charge is -1.88. The maximum atomic E-state index is 11.3. The van der Waals surface area contributed by atoms with Gasteiger partial charge >= 0.3 is 0 Å². The highest BCUT2D eigenvalue weighted by Crippen LogP contribution is 2.01. The van der Waals surface area contributed by atoms with Gasteiger partial charge in [0.05, 0.1) is 5.69 Å². The highest BCUT2D eigenvalue weighted by atomic mass is 16.1. The molecule has 0 amide bonds. The molecule has 2 nitrogen and oxygen atoms in total. The minimum absolute atomic E-state index is 0.0625. The predicted octanol–water partition coefficient (Wildman–Crippen LogP) is 1.25. The molecule has 0 aliphatic heterocycles. The minimum Gasteiger partial charge on any atom is -0.396 e. The summed E-state index contributed by atoms with van der Waals surface area (Å²) in [7, 11) is 0. The van der Waals surface area contributed by atoms with Gasteiger partial charge in [-0.15, -0.1) is 0 Å². The maximum absolute atomic E-state index is 11.3. The van der Waals surface area contributed by atoms with Gasteiger partial charge in [0.1, 0.15) is 0 Å². The molecule has 0 aromatic heterocycles. The number of nitrogens with two attached hydrogens (primary N) is 1. The molecule has 2 N–H and O–H groups in total. The standard InChI is InChI=1S/C9H11NO/c1-6-4-3-5-8(10)9(11)7(6)2/h3-5H,1-2H3,(H2,10,11). The van der Waals surface area contributed by atoms with Crippen molar-refractivity contribution < 1.29 is 0 Å². The van der Waals surface area contributed by atoms with Gasteiger partial charge in [-0.3, -0.25) is 4.79 Å². The van der Waals surface area contributed by atoms with Gasteiger partial charge in [-0.25, -0.2) is 0 Å². The van der Waals surface area contributed by atoms with E-state index in [2.05, 4.69) is 0 Å². The molecule has 0 heterocycles. The number of anilines is 1. The van der Waals surface area contributed by atoms with Crippen molar-refractivity contribution in [3.8, 4) is 0 Å². The third-order valence-corrected chi connectivity index (χ3v) is 1.82. The first kappa shape index (κ1) is 7.79. The Kier molecular flexibility index (Phi) is 1.94. The summed E-state index contributed by atoms with van der Waals surface area (Å²) in [4.78, 5) is 11.3. The van der Waals surface area contributed by atoms with Crippen LogP contribution in [0.25, 0.3) is 0 Å². The Labute approximate surface area is 65.7 Å². The lowest BCUT2D eigenvalue weighted by atomic mass is 10.2. The van der Waals surface area contributed by atoms with Gasteiger partial charge in [-0.05, 0) is 25.5 Å². The Hall–Kier alpha value is -1.31. The SMILES string of the molecule is Cc1cccc(N)c(=O)c1C. The molecule has 0 radical (unpaired) electrons. The average Bonchev–Trinajstić information content (AvgIpc) is 2.07. The monoisotopic (exact) mass is 149 g/mol. The molecular weight excluding hydrogens is 138 g/mol. The molecule has 0 atom stereocenters. The van der Waals surface area contributed by atoms with Crippen molar-refractivity contribution in [3.05, 3.63) is 39.5 Å². The molecule has 0 aliphatic carbocycles. The van der Waals surface area contributed by atoms with Crippen LogP contribution in [-0.4, -0.2) is 0 Å². The van der Waals surface area contributed by atoms with E-state index >= 15 is 0 Å². The fourth-order valence-electron chi connectivity index (χ4n) is 0.892. The maximum Gasteiger partial charge on any atom is 0.204 e. The van der Waals surface area contributed by atoms with E-state index in [0.717, 1.165) is 11.1 Å². The molecule has 11 heavy (non-hydrogen) atoms. The van der Waals surface area contributed by atoms with Crippen LogP contribution < -0.4 is 11.2 Å². The van der Waals surface area contributed by atoms with Crippen LogP contribution in [0.5, 0.6) is 0 Å². The van der Waals surface area contributed by atoms with E-state index < -0.39 is 0 Å². The first-order chi connectivity index (χ1) is 5.13. The van der Waals surface area contributed by atoms with E-state index in [1.54, 1.807) is 19.1 Å². The van der Waals surface area contributed by atoms with E-state index in [1.807, 2.05) is 13.0 Å². The van der Waals surface area contributed by atoms with E-state index in [0.29, 0.717) is 5.69 Å². The van der Waals surface area contributed by atoms with Crippen molar-refractivity contribution >= 4 is 5.69 Å². The number of hydrogen-bond donors (Lipinski definition) is 1. The number of rotatable bonds is 0. The fourth-order valence-corrected chi connectivity index (χ4v) is 0.892. The van der Waals surface area contributed by atoms with Gasteiger partial charge in [0.15, 0.2) is 0 Å². The lowest BCUT2D eigenvalue weighted by Crippen LogP contribution is -2.08. The number of aryl methyl sites for hydroxylation is 1. The second kappa shape index (κ2) is 2.74. The summed E-state index contributed by atoms with van der Waals surface area (Å²) in [6.45, 7) is 3.68. The van der Waals surface area contributed by atoms with Crippen LogP contribution in [0.15, 0.2) is 23.0 Å². The minimum atomic E-state index is -0.0625. The Bertz CT molecular complexity index is 331. The molecule has 0 unspecified atom stereocenters. The smallest absolute Gasteiger partial charge is 0.204 e. The van der Waals surface area contributed by atoms with Crippen molar-refractivity contribution in [3.63, 3.8) is 0 Å². The summed E-state index contributed by atoms with van der Waals surface area (Å²) >= 11 is 0. The summed E-state index contributed by atoms with van der Waals surface area (Å²) < 4.78 is 0. The zero-order chi connectivity index (χ0) is 8.43. The van der Waals surface area contributed by atoms with Gasteiger partial charge in [0.2, 0.25) is 5.43 Å². The Balaban J connectivity index is 3.62. The quantitative estimate of drug-likeness (QED) is 0.603. The third-order valence-electron chi connectivity index (χ3n) is 1.82. The normalized spacial score (nSPS) is 9.64. The zero-order valence-corrected chi connectivity index (χ0v) is 6.72. The number of nitrogen functional groups attached to an aromatic ring is 1. The molecule has 2 heteroatoms. The summed E-state index contributed by atoms with van der Waals surface area (Å²) in [5, 5.41) is 0. The van der Waals surface area contributed by atoms with Crippen molar-refractivity contribution in [2.24, 2.45) is 0 Å². The first-order valence-electron chi connectivity index (χ1n) is 3.49. The van der Waals surface area contributed by atoms with Crippen LogP contribution in [0.1, 0.15) is 11.1 Å². The van der Waals surface area contributed by atoms with Gasteiger partial charge < -0.3 is 5.73 Å². The topological polar surface area (TPSA) is 43.1 Å². The molecule has 0 bridgehead atoms. The number of hydrogen-bond acceptors (Lipinski definition) is 2. The summed E-state index contributed by atoms with van der Waals surface area (Å²) in [5.41, 5.74) is 7.42. The van der Waals surface area contributed by atoms with E-state index in [4.69, 9.17) is 5.73 Å². The average molecular weight is 149 g/mol. The first-order valence-corrected chi connectivity index (χ1v) is 3.49. The molecule has 0 aliphatic rings. The summed E-state index contributed by atoms with van der Waals surface area (Å²) in [5.74, 6) is 0. The fraction of sp³-hybridized carbons (Fsp3) is 0.222. The van der Waals surface area contributed by atoms with Crippen molar-refractivity contribution in [1.82, 2.24) is 0 Å². The highest BCUT2D eigenvalue weighted by molar-refractivity contribution is 5.41. The predicted molar refractivity (Wildman–Crippen MR) is 46.6 cm³/mol. The molecule has 1 aromatic rings. The second-order valence-electron chi connectivity index (χ2n) is 2.62. The molecular formula is C9H11NO. The van der Waals surface area contributed by atoms with Crippen LogP contribution in [0.4, 0.5) is 5.69 Å². The van der Waals surface area contributed by atoms with Gasteiger partial charge in [-0.1, -0.05) is 12.1 Å². The molecule has 0 fully saturated rings. The largest absolute Gasteiger partial charge is 0.396 e. The van der Waals surface area contributed by atoms with Gasteiger partial charge in [-0.2, -0.15) is 0 Å². The third kappa shape index (κ3) is 1.40. The van der Waals surface area contributed by atoms with Crippen molar-refractivity contribution in [2.45, 2.75) is 13.8 Å². The Morgan fingerprint density at radius 1 is 1.27 bits per heavy atom. The molecule has 0 saturated carbocycles. The van der Waals surface area contributed by atoms with Gasteiger partial charge in [0, 0.05) is 5.56 Å². The summed E-state index contributed by atoms with van der Waals surface area (Å²) in [6, 6.07) is 5.30. The van der Waals surface area contributed by atoms with E-state index in [9.17, 15) is 4.79 Å². The second-order valence-corrected chi connectivity index (χ2v) is 2.62. The van der Waals surface area contributed by atoms with Crippen molar-refractivity contribution in [2.75, 3.05) is 5.73 Å². The lowest BCUT2D eigenvalue weighted by molar-refractivity contribution is 1.33. The van der Waals surface area contributed by atoms with Gasteiger partial charge in [0.25, 0.3) is 0 Å². The zero-order valence-electron chi connectivity index (χ0n) is 6.72. The van der Waals surface area contributed by atoms with E-state index in [-0.39, 0.29) is 5.43 Å². The van der Waals surface area contributed by atoms with Crippen LogP contribution in [-0.2, 0) is 0 Å². The highest BCUT2D eigenvalue weighted by Gasteiger charge is 1.97. The van der Waals surface area contributed by atoms with E-state index in [1.165, 1.54) is 0 Å². The van der Waals surface area contributed by atoms with Crippen LogP contribution in [0.3, 0.4) is 0 Å². The van der Waals surface area contributed by atoms with Crippen molar-refractivity contribution in [1.29, 1.82) is 0 Å². The van der Waals surface area contributed by atoms with Crippen LogP contribution in [0.2, 0.25) is 0 Å². The Morgan fingerprint density at radius 2 is 1.91 bits per heavy atom. The van der Waals surface area contributed by atoms with Crippen LogP contribution >= 0.6 is 0 Å². The molecule has 0 spiro atoms. The molecule has 0 saturated heterocycles. The Morgan fingerprint density at radius 3 is 2.55 bits per heavy atom. The van der Waals surface area contributed by atoms with Crippen LogP contribution in [0, 0.1) is 13.8 Å².